The van der Waals surface area contributed by atoms with Gasteiger partial charge in [-0.3, -0.25) is 4.68 Å². The lowest BCUT2D eigenvalue weighted by molar-refractivity contribution is 0.475. The maximum atomic E-state index is 5.97. The van der Waals surface area contributed by atoms with E-state index in [1.165, 1.54) is 5.56 Å². The number of nitrogens with one attached hydrogen (secondary N) is 1. The molecule has 4 nitrogen and oxygen atoms in total. The van der Waals surface area contributed by atoms with Gasteiger partial charge in [-0.1, -0.05) is 32.9 Å². The number of hydrogen-bond acceptors (Lipinski definition) is 3. The second-order valence-corrected chi connectivity index (χ2v) is 5.68. The third-order valence-electron chi connectivity index (χ3n) is 3.26. The van der Waals surface area contributed by atoms with Gasteiger partial charge in [-0.25, -0.2) is 0 Å². The summed E-state index contributed by atoms with van der Waals surface area (Å²) in [7, 11) is 0. The average molecular weight is 287 g/mol. The second kappa shape index (κ2) is 7.27. The molecule has 0 unspecified atom stereocenters. The molecule has 1 N–H and O–H groups in total. The van der Waals surface area contributed by atoms with Crippen LogP contribution in [-0.4, -0.2) is 15.8 Å². The number of hydrogen-bond donors (Lipinski definition) is 1. The summed E-state index contributed by atoms with van der Waals surface area (Å²) in [4.78, 5) is 0. The smallest absolute Gasteiger partial charge is 0.165 e. The van der Waals surface area contributed by atoms with Crippen LogP contribution >= 0.6 is 0 Å². The van der Waals surface area contributed by atoms with Crippen LogP contribution in [0.1, 0.15) is 38.3 Å². The number of rotatable bonds is 7. The Bertz CT molecular complexity index is 575. The van der Waals surface area contributed by atoms with Crippen molar-refractivity contribution in [2.45, 2.75) is 53.2 Å². The Labute approximate surface area is 127 Å². The van der Waals surface area contributed by atoms with E-state index in [-0.39, 0.29) is 0 Å². The van der Waals surface area contributed by atoms with Crippen molar-refractivity contribution in [3.63, 3.8) is 0 Å². The first-order chi connectivity index (χ1) is 10.1. The van der Waals surface area contributed by atoms with Crippen molar-refractivity contribution in [1.82, 2.24) is 15.1 Å². The molecule has 0 fully saturated rings. The van der Waals surface area contributed by atoms with Gasteiger partial charge in [0.15, 0.2) is 5.75 Å². The quantitative estimate of drug-likeness (QED) is 0.839. The fourth-order valence-corrected chi connectivity index (χ4v) is 2.06. The van der Waals surface area contributed by atoms with E-state index >= 15 is 0 Å². The van der Waals surface area contributed by atoms with Gasteiger partial charge in [0.2, 0.25) is 0 Å². The molecular formula is C17H25N3O. The van der Waals surface area contributed by atoms with Crippen LogP contribution in [0, 0.1) is 6.92 Å². The Kier molecular flexibility index (Phi) is 5.39. The summed E-state index contributed by atoms with van der Waals surface area (Å²) in [6.07, 6.45) is 4.78. The summed E-state index contributed by atoms with van der Waals surface area (Å²) < 4.78 is 7.88. The molecule has 0 amide bonds. The molecule has 0 bridgehead atoms. The zero-order valence-corrected chi connectivity index (χ0v) is 13.4. The number of ether oxygens (including phenoxy) is 1. The SMILES string of the molecule is CCCn1cc(Oc2cc(CNC(C)C)ccc2C)cn1. The summed E-state index contributed by atoms with van der Waals surface area (Å²) >= 11 is 0. The highest BCUT2D eigenvalue weighted by molar-refractivity contribution is 5.39. The standard InChI is InChI=1S/C17H25N3O/c1-5-8-20-12-16(11-19-20)21-17-9-15(7-6-14(17)4)10-18-13(2)3/h6-7,9,11-13,18H,5,8,10H2,1-4H3. The minimum atomic E-state index is 0.475. The first-order valence-electron chi connectivity index (χ1n) is 7.61. The van der Waals surface area contributed by atoms with Crippen LogP contribution in [0.25, 0.3) is 0 Å². The molecule has 0 spiro atoms. The van der Waals surface area contributed by atoms with Gasteiger partial charge < -0.3 is 10.1 Å². The van der Waals surface area contributed by atoms with E-state index in [9.17, 15) is 0 Å². The summed E-state index contributed by atoms with van der Waals surface area (Å²) in [5.41, 5.74) is 2.36. The number of aromatic nitrogens is 2. The van der Waals surface area contributed by atoms with E-state index in [0.717, 1.165) is 36.6 Å². The zero-order valence-electron chi connectivity index (χ0n) is 13.4. The van der Waals surface area contributed by atoms with E-state index in [0.29, 0.717) is 6.04 Å². The zero-order chi connectivity index (χ0) is 15.2. The average Bonchev–Trinajstić information content (AvgIpc) is 2.87. The molecule has 0 radical (unpaired) electrons. The second-order valence-electron chi connectivity index (χ2n) is 5.68. The first-order valence-corrected chi connectivity index (χ1v) is 7.61. The highest BCUT2D eigenvalue weighted by Gasteiger charge is 2.06. The Morgan fingerprint density at radius 3 is 2.86 bits per heavy atom. The van der Waals surface area contributed by atoms with Crippen LogP contribution in [0.5, 0.6) is 11.5 Å². The first kappa shape index (κ1) is 15.6. The third kappa shape index (κ3) is 4.60. The van der Waals surface area contributed by atoms with Crippen LogP contribution < -0.4 is 10.1 Å². The van der Waals surface area contributed by atoms with Crippen LogP contribution in [-0.2, 0) is 13.1 Å². The molecule has 1 aromatic heterocycles. The van der Waals surface area contributed by atoms with Crippen molar-refractivity contribution in [2.75, 3.05) is 0 Å². The highest BCUT2D eigenvalue weighted by atomic mass is 16.5. The number of nitrogens with zero attached hydrogens (tertiary/aromatic N) is 2. The molecule has 0 atom stereocenters. The molecule has 21 heavy (non-hydrogen) atoms. The Balaban J connectivity index is 2.08. The molecule has 4 heteroatoms. The lowest BCUT2D eigenvalue weighted by Crippen LogP contribution is -2.21. The van der Waals surface area contributed by atoms with Gasteiger partial charge in [0.05, 0.1) is 12.4 Å². The van der Waals surface area contributed by atoms with Gasteiger partial charge in [-0.15, -0.1) is 0 Å². The van der Waals surface area contributed by atoms with E-state index in [1.807, 2.05) is 10.9 Å². The maximum Gasteiger partial charge on any atom is 0.165 e. The van der Waals surface area contributed by atoms with Gasteiger partial charge in [-0.05, 0) is 30.5 Å². The topological polar surface area (TPSA) is 39.1 Å². The van der Waals surface area contributed by atoms with Crippen molar-refractivity contribution < 1.29 is 4.74 Å². The normalized spacial score (nSPS) is 11.1. The summed E-state index contributed by atoms with van der Waals surface area (Å²) in [6.45, 7) is 10.3. The molecule has 2 rings (SSSR count). The Hall–Kier alpha value is -1.81. The van der Waals surface area contributed by atoms with Crippen LogP contribution in [0.3, 0.4) is 0 Å². The van der Waals surface area contributed by atoms with Gasteiger partial charge in [0, 0.05) is 19.1 Å². The Morgan fingerprint density at radius 1 is 1.33 bits per heavy atom. The van der Waals surface area contributed by atoms with Gasteiger partial charge in [0.25, 0.3) is 0 Å². The van der Waals surface area contributed by atoms with Crippen molar-refractivity contribution in [1.29, 1.82) is 0 Å². The minimum absolute atomic E-state index is 0.475. The molecule has 0 aliphatic rings. The molecule has 0 aliphatic heterocycles. The van der Waals surface area contributed by atoms with E-state index in [4.69, 9.17) is 4.74 Å². The molecule has 2 aromatic rings. The molecule has 0 saturated carbocycles. The van der Waals surface area contributed by atoms with E-state index in [2.05, 4.69) is 56.3 Å². The van der Waals surface area contributed by atoms with Crippen molar-refractivity contribution in [3.8, 4) is 11.5 Å². The van der Waals surface area contributed by atoms with Crippen LogP contribution in [0.2, 0.25) is 0 Å². The Morgan fingerprint density at radius 2 is 2.14 bits per heavy atom. The lowest BCUT2D eigenvalue weighted by atomic mass is 10.1. The van der Waals surface area contributed by atoms with Gasteiger partial charge >= 0.3 is 0 Å². The lowest BCUT2D eigenvalue weighted by Gasteiger charge is -2.11. The highest BCUT2D eigenvalue weighted by Crippen LogP contribution is 2.26. The van der Waals surface area contributed by atoms with Crippen molar-refractivity contribution in [3.05, 3.63) is 41.7 Å². The monoisotopic (exact) mass is 287 g/mol. The van der Waals surface area contributed by atoms with Gasteiger partial charge in [0.1, 0.15) is 5.75 Å². The summed E-state index contributed by atoms with van der Waals surface area (Å²) in [5, 5.41) is 7.71. The van der Waals surface area contributed by atoms with Crippen molar-refractivity contribution >= 4 is 0 Å². The number of aryl methyl sites for hydroxylation is 2. The third-order valence-corrected chi connectivity index (χ3v) is 3.26. The molecule has 0 aliphatic carbocycles. The van der Waals surface area contributed by atoms with Crippen LogP contribution in [0.15, 0.2) is 30.6 Å². The largest absolute Gasteiger partial charge is 0.454 e. The van der Waals surface area contributed by atoms with Crippen molar-refractivity contribution in [2.24, 2.45) is 0 Å². The predicted molar refractivity (Wildman–Crippen MR) is 85.7 cm³/mol. The maximum absolute atomic E-state index is 5.97. The fourth-order valence-electron chi connectivity index (χ4n) is 2.06. The van der Waals surface area contributed by atoms with Gasteiger partial charge in [-0.2, -0.15) is 5.10 Å². The predicted octanol–water partition coefficient (Wildman–Crippen LogP) is 3.89. The molecule has 1 heterocycles. The molecule has 114 valence electrons. The van der Waals surface area contributed by atoms with E-state index in [1.54, 1.807) is 6.20 Å². The summed E-state index contributed by atoms with van der Waals surface area (Å²) in [6, 6.07) is 6.81. The molecule has 1 aromatic carbocycles. The van der Waals surface area contributed by atoms with Crippen LogP contribution in [0.4, 0.5) is 0 Å². The summed E-state index contributed by atoms with van der Waals surface area (Å²) in [5.74, 6) is 1.69. The molecular weight excluding hydrogens is 262 g/mol. The fraction of sp³-hybridized carbons (Fsp3) is 0.471. The molecule has 0 saturated heterocycles. The number of benzene rings is 1. The van der Waals surface area contributed by atoms with E-state index < -0.39 is 0 Å². The minimum Gasteiger partial charge on any atom is -0.454 e.